The van der Waals surface area contributed by atoms with Crippen LogP contribution in [0.2, 0.25) is 0 Å². The molecule has 4 atom stereocenters. The number of hydrogen-bond acceptors (Lipinski definition) is 3. The van der Waals surface area contributed by atoms with Gasteiger partial charge in [0.15, 0.2) is 0 Å². The quantitative estimate of drug-likeness (QED) is 0.810. The molecule has 0 aromatic rings. The van der Waals surface area contributed by atoms with Crippen LogP contribution >= 0.6 is 0 Å². The Morgan fingerprint density at radius 1 is 1.22 bits per heavy atom. The lowest BCUT2D eigenvalue weighted by Crippen LogP contribution is -2.60. The van der Waals surface area contributed by atoms with E-state index >= 15 is 0 Å². The fraction of sp³-hybridized carbons (Fsp3) is 1.00. The van der Waals surface area contributed by atoms with Crippen LogP contribution in [0.25, 0.3) is 0 Å². The van der Waals surface area contributed by atoms with E-state index in [1.165, 1.54) is 32.1 Å². The van der Waals surface area contributed by atoms with Gasteiger partial charge in [-0.2, -0.15) is 0 Å². The van der Waals surface area contributed by atoms with E-state index in [4.69, 9.17) is 5.73 Å². The molecular weight excluding hydrogens is 224 g/mol. The van der Waals surface area contributed by atoms with E-state index in [0.717, 1.165) is 12.5 Å². The molecule has 2 aliphatic rings. The summed E-state index contributed by atoms with van der Waals surface area (Å²) in [5.74, 6) is 0.861. The van der Waals surface area contributed by atoms with Crippen LogP contribution in [0.3, 0.4) is 0 Å². The van der Waals surface area contributed by atoms with Crippen molar-refractivity contribution in [2.75, 3.05) is 13.2 Å². The summed E-state index contributed by atoms with van der Waals surface area (Å²) in [6, 6.07) is 0.863. The van der Waals surface area contributed by atoms with Gasteiger partial charge >= 0.3 is 0 Å². The summed E-state index contributed by atoms with van der Waals surface area (Å²) in [7, 11) is 0. The molecule has 18 heavy (non-hydrogen) atoms. The number of fused-ring (bicyclic) bond motifs is 1. The second kappa shape index (κ2) is 5.48. The van der Waals surface area contributed by atoms with Crippen LogP contribution in [-0.2, 0) is 0 Å². The largest absolute Gasteiger partial charge is 0.395 e. The molecule has 0 aromatic heterocycles. The van der Waals surface area contributed by atoms with E-state index in [1.54, 1.807) is 0 Å². The topological polar surface area (TPSA) is 49.5 Å². The number of rotatable bonds is 3. The summed E-state index contributed by atoms with van der Waals surface area (Å²) in [6.07, 6.45) is 6.69. The molecule has 1 aliphatic heterocycles. The van der Waals surface area contributed by atoms with Gasteiger partial charge in [-0.05, 0) is 43.6 Å². The Bertz CT molecular complexity index is 272. The van der Waals surface area contributed by atoms with Crippen molar-refractivity contribution in [3.63, 3.8) is 0 Å². The highest BCUT2D eigenvalue weighted by atomic mass is 16.3. The maximum absolute atomic E-state index is 9.81. The third-order valence-corrected chi connectivity index (χ3v) is 5.06. The van der Waals surface area contributed by atoms with Crippen molar-refractivity contribution < 1.29 is 5.11 Å². The van der Waals surface area contributed by atoms with Crippen molar-refractivity contribution in [2.45, 2.75) is 71.0 Å². The van der Waals surface area contributed by atoms with Gasteiger partial charge in [-0.1, -0.05) is 27.2 Å². The van der Waals surface area contributed by atoms with E-state index in [-0.39, 0.29) is 24.1 Å². The van der Waals surface area contributed by atoms with Gasteiger partial charge in [0.05, 0.1) is 6.61 Å². The fourth-order valence-electron chi connectivity index (χ4n) is 3.91. The third-order valence-electron chi connectivity index (χ3n) is 5.06. The molecule has 106 valence electrons. The number of hydrogen-bond donors (Lipinski definition) is 2. The second-order valence-corrected chi connectivity index (χ2v) is 7.28. The highest BCUT2D eigenvalue weighted by molar-refractivity contribution is 4.97. The monoisotopic (exact) mass is 254 g/mol. The summed E-state index contributed by atoms with van der Waals surface area (Å²) in [5.41, 5.74) is 6.47. The average Bonchev–Trinajstić information content (AvgIpc) is 2.77. The fourth-order valence-corrected chi connectivity index (χ4v) is 3.91. The van der Waals surface area contributed by atoms with E-state index in [9.17, 15) is 5.11 Å². The molecule has 3 heteroatoms. The number of aliphatic hydroxyl groups is 1. The van der Waals surface area contributed by atoms with E-state index in [2.05, 4.69) is 25.7 Å². The van der Waals surface area contributed by atoms with E-state index in [1.807, 2.05) is 0 Å². The number of piperidine rings is 1. The van der Waals surface area contributed by atoms with Crippen LogP contribution in [-0.4, -0.2) is 41.3 Å². The van der Waals surface area contributed by atoms with Gasteiger partial charge in [-0.25, -0.2) is 0 Å². The predicted molar refractivity (Wildman–Crippen MR) is 75.4 cm³/mol. The molecule has 3 nitrogen and oxygen atoms in total. The molecule has 2 rings (SSSR count). The lowest BCUT2D eigenvalue weighted by Gasteiger charge is -2.47. The van der Waals surface area contributed by atoms with Gasteiger partial charge in [0.2, 0.25) is 0 Å². The Labute approximate surface area is 112 Å². The van der Waals surface area contributed by atoms with Crippen LogP contribution in [0.5, 0.6) is 0 Å². The molecule has 3 N–H and O–H groups in total. The van der Waals surface area contributed by atoms with Crippen LogP contribution in [0.4, 0.5) is 0 Å². The Morgan fingerprint density at radius 3 is 2.50 bits per heavy atom. The van der Waals surface area contributed by atoms with Crippen LogP contribution in [0, 0.1) is 11.3 Å². The summed E-state index contributed by atoms with van der Waals surface area (Å²) >= 11 is 0. The molecule has 1 heterocycles. The lowest BCUT2D eigenvalue weighted by molar-refractivity contribution is 0.00689. The van der Waals surface area contributed by atoms with Crippen molar-refractivity contribution in [2.24, 2.45) is 17.1 Å². The Morgan fingerprint density at radius 2 is 1.89 bits per heavy atom. The zero-order valence-corrected chi connectivity index (χ0v) is 12.2. The van der Waals surface area contributed by atoms with Gasteiger partial charge in [-0.3, -0.25) is 4.90 Å². The molecule has 0 radical (unpaired) electrons. The molecule has 2 fully saturated rings. The number of likely N-dealkylation sites (tertiary alicyclic amines) is 1. The summed E-state index contributed by atoms with van der Waals surface area (Å²) in [5, 5.41) is 9.81. The lowest BCUT2D eigenvalue weighted by atomic mass is 9.80. The van der Waals surface area contributed by atoms with Crippen LogP contribution < -0.4 is 5.73 Å². The molecule has 1 saturated heterocycles. The van der Waals surface area contributed by atoms with Crippen molar-refractivity contribution in [3.8, 4) is 0 Å². The standard InChI is InChI=1S/C15H30N2O/c1-15(2,3)14(16)13(10-18)17-9-5-7-11-6-4-8-12(11)17/h11-14,18H,4-10,16H2,1-3H3. The highest BCUT2D eigenvalue weighted by Gasteiger charge is 2.41. The first kappa shape index (κ1) is 14.3. The van der Waals surface area contributed by atoms with Crippen molar-refractivity contribution in [1.29, 1.82) is 0 Å². The van der Waals surface area contributed by atoms with Crippen LogP contribution in [0.15, 0.2) is 0 Å². The first-order valence-corrected chi connectivity index (χ1v) is 7.57. The summed E-state index contributed by atoms with van der Waals surface area (Å²) in [4.78, 5) is 2.54. The van der Waals surface area contributed by atoms with Gasteiger partial charge in [0, 0.05) is 18.1 Å². The Hall–Kier alpha value is -0.120. The SMILES string of the molecule is CC(C)(C)C(N)C(CO)N1CCCC2CCCC21. The van der Waals surface area contributed by atoms with Gasteiger partial charge in [0.1, 0.15) is 0 Å². The molecule has 1 aliphatic carbocycles. The zero-order chi connectivity index (χ0) is 13.3. The molecule has 4 unspecified atom stereocenters. The number of nitrogens with two attached hydrogens (primary N) is 1. The molecular formula is C15H30N2O. The van der Waals surface area contributed by atoms with Crippen molar-refractivity contribution >= 4 is 0 Å². The first-order valence-electron chi connectivity index (χ1n) is 7.57. The molecule has 0 aromatic carbocycles. The zero-order valence-electron chi connectivity index (χ0n) is 12.2. The third kappa shape index (κ3) is 2.73. The molecule has 0 bridgehead atoms. The number of aliphatic hydroxyl groups excluding tert-OH is 1. The second-order valence-electron chi connectivity index (χ2n) is 7.28. The highest BCUT2D eigenvalue weighted by Crippen LogP contribution is 2.39. The predicted octanol–water partition coefficient (Wildman–Crippen LogP) is 1.99. The van der Waals surface area contributed by atoms with Crippen molar-refractivity contribution in [3.05, 3.63) is 0 Å². The van der Waals surface area contributed by atoms with Gasteiger partial charge < -0.3 is 10.8 Å². The number of nitrogens with zero attached hydrogens (tertiary/aromatic N) is 1. The normalized spacial score (nSPS) is 33.2. The average molecular weight is 254 g/mol. The first-order chi connectivity index (χ1) is 8.45. The molecule has 0 amide bonds. The Balaban J connectivity index is 2.11. The molecule has 1 saturated carbocycles. The maximum Gasteiger partial charge on any atom is 0.0602 e. The van der Waals surface area contributed by atoms with Gasteiger partial charge in [0.25, 0.3) is 0 Å². The minimum Gasteiger partial charge on any atom is -0.395 e. The molecule has 0 spiro atoms. The van der Waals surface area contributed by atoms with E-state index < -0.39 is 0 Å². The summed E-state index contributed by atoms with van der Waals surface area (Å²) in [6.45, 7) is 7.85. The van der Waals surface area contributed by atoms with E-state index in [0.29, 0.717) is 6.04 Å². The minimum absolute atomic E-state index is 0.0434. The van der Waals surface area contributed by atoms with Crippen molar-refractivity contribution in [1.82, 2.24) is 4.90 Å². The smallest absolute Gasteiger partial charge is 0.0602 e. The maximum atomic E-state index is 9.81. The van der Waals surface area contributed by atoms with Gasteiger partial charge in [-0.15, -0.1) is 0 Å². The summed E-state index contributed by atoms with van der Waals surface area (Å²) < 4.78 is 0. The minimum atomic E-state index is 0.0434. The van der Waals surface area contributed by atoms with Crippen LogP contribution in [0.1, 0.15) is 52.9 Å². The Kier molecular flexibility index (Phi) is 4.35.